The molecule has 0 aromatic carbocycles. The monoisotopic (exact) mass is 219 g/mol. The molecule has 82 valence electrons. The van der Waals surface area contributed by atoms with Crippen molar-refractivity contribution in [2.24, 2.45) is 10.7 Å². The number of rotatable bonds is 2. The highest BCUT2D eigenvalue weighted by molar-refractivity contribution is 7.91. The maximum atomic E-state index is 11.1. The maximum absolute atomic E-state index is 11.1. The van der Waals surface area contributed by atoms with Gasteiger partial charge in [0.1, 0.15) is 0 Å². The van der Waals surface area contributed by atoms with Gasteiger partial charge in [-0.3, -0.25) is 0 Å². The van der Waals surface area contributed by atoms with Gasteiger partial charge in [-0.1, -0.05) is 0 Å². The Morgan fingerprint density at radius 3 is 2.64 bits per heavy atom. The molecule has 3 N–H and O–H groups in total. The lowest BCUT2D eigenvalue weighted by Gasteiger charge is -2.10. The molecule has 14 heavy (non-hydrogen) atoms. The van der Waals surface area contributed by atoms with Crippen molar-refractivity contribution in [1.29, 1.82) is 0 Å². The molecule has 0 aliphatic carbocycles. The van der Waals surface area contributed by atoms with Gasteiger partial charge in [0.15, 0.2) is 15.8 Å². The summed E-state index contributed by atoms with van der Waals surface area (Å²) in [5.41, 5.74) is 5.59. The summed E-state index contributed by atoms with van der Waals surface area (Å²) in [5.74, 6) is 0.700. The number of nitrogens with two attached hydrogens (primary N) is 1. The zero-order valence-electron chi connectivity index (χ0n) is 8.53. The topological polar surface area (TPSA) is 84.5 Å². The fourth-order valence-electron chi connectivity index (χ4n) is 1.41. The second-order valence-corrected chi connectivity index (χ2v) is 6.10. The Morgan fingerprint density at radius 2 is 2.21 bits per heavy atom. The van der Waals surface area contributed by atoms with Crippen LogP contribution in [0.25, 0.3) is 0 Å². The molecule has 1 fully saturated rings. The summed E-state index contributed by atoms with van der Waals surface area (Å²) >= 11 is 0. The van der Waals surface area contributed by atoms with Crippen LogP contribution < -0.4 is 11.1 Å². The van der Waals surface area contributed by atoms with E-state index < -0.39 is 9.84 Å². The van der Waals surface area contributed by atoms with Crippen LogP contribution in [-0.4, -0.2) is 38.0 Å². The molecule has 1 rings (SSSR count). The quantitative estimate of drug-likeness (QED) is 0.484. The van der Waals surface area contributed by atoms with E-state index in [1.807, 2.05) is 13.8 Å². The maximum Gasteiger partial charge on any atom is 0.189 e. The van der Waals surface area contributed by atoms with Gasteiger partial charge >= 0.3 is 0 Å². The summed E-state index contributed by atoms with van der Waals surface area (Å²) in [5, 5.41) is 2.93. The first kappa shape index (κ1) is 11.3. The van der Waals surface area contributed by atoms with Gasteiger partial charge in [-0.15, -0.1) is 0 Å². The van der Waals surface area contributed by atoms with Crippen LogP contribution in [0.15, 0.2) is 4.99 Å². The average molecular weight is 219 g/mol. The van der Waals surface area contributed by atoms with E-state index in [0.29, 0.717) is 12.4 Å². The molecular formula is C8H17N3O2S. The highest BCUT2D eigenvalue weighted by Crippen LogP contribution is 2.14. The van der Waals surface area contributed by atoms with Crippen molar-refractivity contribution >= 4 is 15.8 Å². The van der Waals surface area contributed by atoms with E-state index in [4.69, 9.17) is 5.73 Å². The zero-order valence-corrected chi connectivity index (χ0v) is 9.34. The van der Waals surface area contributed by atoms with Crippen LogP contribution in [0.2, 0.25) is 0 Å². The molecular weight excluding hydrogens is 202 g/mol. The van der Waals surface area contributed by atoms with Crippen molar-refractivity contribution in [1.82, 2.24) is 5.32 Å². The van der Waals surface area contributed by atoms with Crippen molar-refractivity contribution in [3.8, 4) is 0 Å². The minimum Gasteiger partial charge on any atom is -0.370 e. The van der Waals surface area contributed by atoms with Crippen LogP contribution >= 0.6 is 0 Å². The van der Waals surface area contributed by atoms with E-state index in [1.54, 1.807) is 0 Å². The van der Waals surface area contributed by atoms with Crippen molar-refractivity contribution < 1.29 is 8.42 Å². The highest BCUT2D eigenvalue weighted by Gasteiger charge is 2.27. The third kappa shape index (κ3) is 3.53. The third-order valence-electron chi connectivity index (χ3n) is 1.97. The highest BCUT2D eigenvalue weighted by atomic mass is 32.2. The first-order valence-corrected chi connectivity index (χ1v) is 6.51. The Morgan fingerprint density at radius 1 is 1.57 bits per heavy atom. The van der Waals surface area contributed by atoms with Gasteiger partial charge in [0.25, 0.3) is 0 Å². The van der Waals surface area contributed by atoms with Crippen molar-refractivity contribution in [2.45, 2.75) is 32.4 Å². The van der Waals surface area contributed by atoms with Crippen molar-refractivity contribution in [3.63, 3.8) is 0 Å². The summed E-state index contributed by atoms with van der Waals surface area (Å²) in [6.07, 6.45) is 0.586. The van der Waals surface area contributed by atoms with Crippen LogP contribution in [0.4, 0.5) is 0 Å². The number of nitrogens with one attached hydrogen (secondary N) is 1. The molecule has 1 aliphatic rings. The molecule has 0 spiro atoms. The SMILES string of the molecule is CC(C)NC(N)=NC1CCS(=O)(=O)C1. The summed E-state index contributed by atoms with van der Waals surface area (Å²) in [6.45, 7) is 3.90. The number of guanidine groups is 1. The minimum atomic E-state index is -2.86. The molecule has 0 saturated carbocycles. The lowest BCUT2D eigenvalue weighted by Crippen LogP contribution is -2.37. The fourth-order valence-corrected chi connectivity index (χ4v) is 3.03. The molecule has 1 unspecified atom stereocenters. The van der Waals surface area contributed by atoms with Gasteiger partial charge < -0.3 is 11.1 Å². The van der Waals surface area contributed by atoms with Gasteiger partial charge in [0.05, 0.1) is 17.5 Å². The van der Waals surface area contributed by atoms with Crippen LogP contribution in [0.3, 0.4) is 0 Å². The Balaban J connectivity index is 2.53. The lowest BCUT2D eigenvalue weighted by atomic mass is 10.3. The zero-order chi connectivity index (χ0) is 10.8. The smallest absolute Gasteiger partial charge is 0.189 e. The molecule has 0 amide bonds. The summed E-state index contributed by atoms with van der Waals surface area (Å²) in [4.78, 5) is 4.12. The van der Waals surface area contributed by atoms with Crippen LogP contribution in [0, 0.1) is 0 Å². The average Bonchev–Trinajstić information content (AvgIpc) is 2.27. The van der Waals surface area contributed by atoms with Gasteiger partial charge in [-0.25, -0.2) is 13.4 Å². The van der Waals surface area contributed by atoms with Crippen LogP contribution in [0.1, 0.15) is 20.3 Å². The molecule has 6 heteroatoms. The van der Waals surface area contributed by atoms with Crippen molar-refractivity contribution in [2.75, 3.05) is 11.5 Å². The summed E-state index contributed by atoms with van der Waals surface area (Å²) in [7, 11) is -2.86. The molecule has 0 aromatic heterocycles. The molecule has 1 saturated heterocycles. The van der Waals surface area contributed by atoms with E-state index in [2.05, 4.69) is 10.3 Å². The minimum absolute atomic E-state index is 0.132. The summed E-state index contributed by atoms with van der Waals surface area (Å²) in [6, 6.07) is 0.0583. The number of hydrogen-bond acceptors (Lipinski definition) is 3. The standard InChI is InChI=1S/C8H17N3O2S/c1-6(2)10-8(9)11-7-3-4-14(12,13)5-7/h6-7H,3-5H2,1-2H3,(H3,9,10,11). The number of hydrogen-bond donors (Lipinski definition) is 2. The largest absolute Gasteiger partial charge is 0.370 e. The molecule has 0 radical (unpaired) electrons. The summed E-state index contributed by atoms with van der Waals surface area (Å²) < 4.78 is 22.2. The van der Waals surface area contributed by atoms with E-state index in [9.17, 15) is 8.42 Å². The normalized spacial score (nSPS) is 26.8. The Labute approximate surface area is 84.7 Å². The van der Waals surface area contributed by atoms with Crippen molar-refractivity contribution in [3.05, 3.63) is 0 Å². The van der Waals surface area contributed by atoms with Gasteiger partial charge in [0, 0.05) is 6.04 Å². The predicted molar refractivity (Wildman–Crippen MR) is 57.0 cm³/mol. The van der Waals surface area contributed by atoms with Gasteiger partial charge in [-0.05, 0) is 20.3 Å². The predicted octanol–water partition coefficient (Wildman–Crippen LogP) is -0.514. The molecule has 1 aliphatic heterocycles. The second-order valence-electron chi connectivity index (χ2n) is 3.87. The lowest BCUT2D eigenvalue weighted by molar-refractivity contribution is 0.601. The van der Waals surface area contributed by atoms with E-state index in [1.165, 1.54) is 0 Å². The second kappa shape index (κ2) is 4.16. The Bertz CT molecular complexity index is 321. The number of sulfone groups is 1. The van der Waals surface area contributed by atoms with E-state index >= 15 is 0 Å². The molecule has 0 bridgehead atoms. The van der Waals surface area contributed by atoms with Gasteiger partial charge in [0.2, 0.25) is 0 Å². The molecule has 0 aromatic rings. The van der Waals surface area contributed by atoms with Crippen LogP contribution in [-0.2, 0) is 9.84 Å². The third-order valence-corrected chi connectivity index (χ3v) is 3.72. The van der Waals surface area contributed by atoms with Crippen LogP contribution in [0.5, 0.6) is 0 Å². The first-order valence-electron chi connectivity index (χ1n) is 4.69. The molecule has 1 atom stereocenters. The first-order chi connectivity index (χ1) is 6.39. The molecule has 1 heterocycles. The fraction of sp³-hybridized carbons (Fsp3) is 0.875. The van der Waals surface area contributed by atoms with E-state index in [-0.39, 0.29) is 23.6 Å². The Hall–Kier alpha value is -0.780. The molecule has 5 nitrogen and oxygen atoms in total. The van der Waals surface area contributed by atoms with E-state index in [0.717, 1.165) is 0 Å². The van der Waals surface area contributed by atoms with Gasteiger partial charge in [-0.2, -0.15) is 0 Å². The number of aliphatic imine (C=N–C) groups is 1. The number of nitrogens with zero attached hydrogens (tertiary/aromatic N) is 1. The Kier molecular flexibility index (Phi) is 3.36.